The number of aromatic nitrogens is 2. The Bertz CT molecular complexity index is 637. The molecule has 1 heterocycles. The van der Waals surface area contributed by atoms with Crippen LogP contribution in [0.1, 0.15) is 18.2 Å². The summed E-state index contributed by atoms with van der Waals surface area (Å²) in [6, 6.07) is 6.12. The molecule has 0 saturated carbocycles. The van der Waals surface area contributed by atoms with Gasteiger partial charge in [-0.15, -0.1) is 0 Å². The summed E-state index contributed by atoms with van der Waals surface area (Å²) in [6.07, 6.45) is 0. The second-order valence-corrected chi connectivity index (χ2v) is 4.33. The summed E-state index contributed by atoms with van der Waals surface area (Å²) >= 11 is 0. The summed E-state index contributed by atoms with van der Waals surface area (Å²) in [7, 11) is 0. The lowest BCUT2D eigenvalue weighted by Gasteiger charge is -2.06. The first-order chi connectivity index (χ1) is 9.10. The van der Waals surface area contributed by atoms with E-state index in [0.29, 0.717) is 29.2 Å². The molecule has 0 amide bonds. The number of aryl methyl sites for hydroxylation is 1. The van der Waals surface area contributed by atoms with Crippen LogP contribution in [0.5, 0.6) is 0 Å². The Hall–Kier alpha value is -2.01. The Labute approximate surface area is 110 Å². The molecule has 0 aliphatic carbocycles. The van der Waals surface area contributed by atoms with Gasteiger partial charge in [0.1, 0.15) is 11.6 Å². The molecule has 5 heteroatoms. The number of aromatic amines is 1. The summed E-state index contributed by atoms with van der Waals surface area (Å²) in [4.78, 5) is 18.6. The summed E-state index contributed by atoms with van der Waals surface area (Å²) in [6.45, 7) is 5.00. The highest BCUT2D eigenvalue weighted by molar-refractivity contribution is 5.56. The first-order valence-corrected chi connectivity index (χ1v) is 6.17. The Morgan fingerprint density at radius 2 is 2.16 bits per heavy atom. The molecule has 100 valence electrons. The maximum atomic E-state index is 13.2. The quantitative estimate of drug-likeness (QED) is 0.885. The van der Waals surface area contributed by atoms with Gasteiger partial charge in [0.25, 0.3) is 5.56 Å². The van der Waals surface area contributed by atoms with Crippen LogP contribution in [0.25, 0.3) is 11.4 Å². The highest BCUT2D eigenvalue weighted by atomic mass is 19.1. The minimum atomic E-state index is -0.269. The Morgan fingerprint density at radius 3 is 2.84 bits per heavy atom. The average molecular weight is 261 g/mol. The number of nitrogens with zero attached hydrogens (tertiary/aromatic N) is 1. The third kappa shape index (κ3) is 3.26. The largest absolute Gasteiger partial charge is 0.311 e. The molecule has 2 N–H and O–H groups in total. The second-order valence-electron chi connectivity index (χ2n) is 4.33. The predicted octanol–water partition coefficient (Wildman–Crippen LogP) is 1.99. The maximum Gasteiger partial charge on any atom is 0.251 e. The number of benzene rings is 1. The van der Waals surface area contributed by atoms with Crippen molar-refractivity contribution in [3.8, 4) is 11.4 Å². The third-order valence-corrected chi connectivity index (χ3v) is 2.78. The first kappa shape index (κ1) is 13.4. The van der Waals surface area contributed by atoms with Crippen molar-refractivity contribution in [1.29, 1.82) is 0 Å². The van der Waals surface area contributed by atoms with Gasteiger partial charge in [-0.05, 0) is 37.2 Å². The summed E-state index contributed by atoms with van der Waals surface area (Å²) in [5.41, 5.74) is 1.69. The molecular formula is C14H16FN3O. The molecule has 1 aromatic carbocycles. The Morgan fingerprint density at radius 1 is 1.37 bits per heavy atom. The topological polar surface area (TPSA) is 57.8 Å². The highest BCUT2D eigenvalue weighted by Gasteiger charge is 2.06. The monoisotopic (exact) mass is 261 g/mol. The zero-order valence-electron chi connectivity index (χ0n) is 11.0. The third-order valence-electron chi connectivity index (χ3n) is 2.78. The van der Waals surface area contributed by atoms with Gasteiger partial charge in [0, 0.05) is 18.2 Å². The number of hydrogen-bond donors (Lipinski definition) is 2. The van der Waals surface area contributed by atoms with Crippen molar-refractivity contribution in [3.63, 3.8) is 0 Å². The van der Waals surface area contributed by atoms with Gasteiger partial charge in [-0.3, -0.25) is 4.79 Å². The molecule has 0 saturated heterocycles. The van der Waals surface area contributed by atoms with Gasteiger partial charge in [0.05, 0.1) is 5.69 Å². The number of H-pyrrole nitrogens is 1. The number of hydrogen-bond acceptors (Lipinski definition) is 3. The Balaban J connectivity index is 2.40. The number of halogens is 1. The molecule has 0 bridgehead atoms. The molecule has 0 spiro atoms. The van der Waals surface area contributed by atoms with Gasteiger partial charge in [0.2, 0.25) is 0 Å². The summed E-state index contributed by atoms with van der Waals surface area (Å²) < 4.78 is 13.2. The minimum Gasteiger partial charge on any atom is -0.311 e. The summed E-state index contributed by atoms with van der Waals surface area (Å²) in [5.74, 6) is 0.193. The summed E-state index contributed by atoms with van der Waals surface area (Å²) in [5, 5.41) is 3.12. The molecule has 0 fully saturated rings. The van der Waals surface area contributed by atoms with Crippen molar-refractivity contribution in [2.45, 2.75) is 20.4 Å². The van der Waals surface area contributed by atoms with E-state index in [9.17, 15) is 9.18 Å². The van der Waals surface area contributed by atoms with Crippen LogP contribution in [-0.2, 0) is 6.54 Å². The lowest BCUT2D eigenvalue weighted by Crippen LogP contribution is -2.17. The van der Waals surface area contributed by atoms with E-state index < -0.39 is 0 Å². The van der Waals surface area contributed by atoms with E-state index in [2.05, 4.69) is 15.3 Å². The molecule has 2 rings (SSSR count). The van der Waals surface area contributed by atoms with E-state index >= 15 is 0 Å². The molecule has 0 aliphatic rings. The fraction of sp³-hybridized carbons (Fsp3) is 0.286. The molecule has 2 aromatic rings. The lowest BCUT2D eigenvalue weighted by molar-refractivity contribution is 0.618. The molecule has 4 nitrogen and oxygen atoms in total. The molecule has 0 aliphatic heterocycles. The van der Waals surface area contributed by atoms with E-state index in [0.717, 1.165) is 6.54 Å². The van der Waals surface area contributed by atoms with Crippen LogP contribution in [0.3, 0.4) is 0 Å². The second kappa shape index (κ2) is 5.75. The smallest absolute Gasteiger partial charge is 0.251 e. The van der Waals surface area contributed by atoms with E-state index in [-0.39, 0.29) is 11.4 Å². The van der Waals surface area contributed by atoms with E-state index in [4.69, 9.17) is 0 Å². The van der Waals surface area contributed by atoms with Crippen LogP contribution in [0.15, 0.2) is 29.1 Å². The van der Waals surface area contributed by atoms with Gasteiger partial charge in [-0.1, -0.05) is 6.92 Å². The van der Waals surface area contributed by atoms with E-state index in [1.807, 2.05) is 6.92 Å². The molecule has 19 heavy (non-hydrogen) atoms. The normalized spacial score (nSPS) is 10.7. The minimum absolute atomic E-state index is 0.208. The van der Waals surface area contributed by atoms with Gasteiger partial charge in [0.15, 0.2) is 0 Å². The van der Waals surface area contributed by atoms with Crippen molar-refractivity contribution >= 4 is 0 Å². The van der Waals surface area contributed by atoms with Crippen molar-refractivity contribution in [2.75, 3.05) is 6.54 Å². The van der Waals surface area contributed by atoms with Crippen LogP contribution >= 0.6 is 0 Å². The van der Waals surface area contributed by atoms with Crippen molar-refractivity contribution < 1.29 is 4.39 Å². The number of nitrogens with one attached hydrogen (secondary N) is 2. The van der Waals surface area contributed by atoms with E-state index in [1.54, 1.807) is 19.1 Å². The van der Waals surface area contributed by atoms with E-state index in [1.165, 1.54) is 12.1 Å². The first-order valence-electron chi connectivity index (χ1n) is 6.17. The van der Waals surface area contributed by atoms with Crippen LogP contribution < -0.4 is 10.9 Å². The van der Waals surface area contributed by atoms with Gasteiger partial charge < -0.3 is 10.3 Å². The van der Waals surface area contributed by atoms with Crippen LogP contribution in [-0.4, -0.2) is 16.5 Å². The number of rotatable bonds is 4. The van der Waals surface area contributed by atoms with Gasteiger partial charge in [-0.2, -0.15) is 0 Å². The van der Waals surface area contributed by atoms with Crippen molar-refractivity contribution in [3.05, 3.63) is 51.7 Å². The fourth-order valence-corrected chi connectivity index (χ4v) is 1.78. The Kier molecular flexibility index (Phi) is 4.06. The molecule has 0 unspecified atom stereocenters. The SMILES string of the molecule is CCNCc1cc(=O)[nH]c(-c2ccc(F)c(C)c2)n1. The molecule has 0 atom stereocenters. The molecule has 1 aromatic heterocycles. The van der Waals surface area contributed by atoms with Gasteiger partial charge >= 0.3 is 0 Å². The average Bonchev–Trinajstić information content (AvgIpc) is 2.39. The van der Waals surface area contributed by atoms with Gasteiger partial charge in [-0.25, -0.2) is 9.37 Å². The molecular weight excluding hydrogens is 245 g/mol. The maximum absolute atomic E-state index is 13.2. The zero-order chi connectivity index (χ0) is 13.8. The van der Waals surface area contributed by atoms with Crippen LogP contribution in [0.2, 0.25) is 0 Å². The standard InChI is InChI=1S/C14H16FN3O/c1-3-16-8-11-7-13(19)18-14(17-11)10-4-5-12(15)9(2)6-10/h4-7,16H,3,8H2,1-2H3,(H,17,18,19). The lowest BCUT2D eigenvalue weighted by atomic mass is 10.1. The fourth-order valence-electron chi connectivity index (χ4n) is 1.78. The predicted molar refractivity (Wildman–Crippen MR) is 72.4 cm³/mol. The van der Waals surface area contributed by atoms with Crippen LogP contribution in [0, 0.1) is 12.7 Å². The van der Waals surface area contributed by atoms with Crippen molar-refractivity contribution in [1.82, 2.24) is 15.3 Å². The van der Waals surface area contributed by atoms with Crippen molar-refractivity contribution in [2.24, 2.45) is 0 Å². The molecule has 0 radical (unpaired) electrons. The highest BCUT2D eigenvalue weighted by Crippen LogP contribution is 2.17. The van der Waals surface area contributed by atoms with Crippen LogP contribution in [0.4, 0.5) is 4.39 Å². The zero-order valence-corrected chi connectivity index (χ0v) is 11.0.